The second-order valence-corrected chi connectivity index (χ2v) is 3.66. The third-order valence-electron chi connectivity index (χ3n) is 2.45. The molecular weight excluding hydrogens is 250 g/mol. The minimum atomic E-state index is -1.06. The summed E-state index contributed by atoms with van der Waals surface area (Å²) in [4.78, 5) is 34.9. The first-order valence-corrected chi connectivity index (χ1v) is 5.63. The summed E-state index contributed by atoms with van der Waals surface area (Å²) >= 11 is 0. The van der Waals surface area contributed by atoms with Crippen molar-refractivity contribution >= 4 is 5.97 Å². The van der Waals surface area contributed by atoms with Crippen LogP contribution in [0.4, 0.5) is 0 Å². The number of H-pyrrole nitrogens is 1. The van der Waals surface area contributed by atoms with Crippen LogP contribution in [-0.4, -0.2) is 17.7 Å². The van der Waals surface area contributed by atoms with Gasteiger partial charge < -0.3 is 9.26 Å². The summed E-state index contributed by atoms with van der Waals surface area (Å²) in [5.41, 5.74) is -1.72. The van der Waals surface area contributed by atoms with E-state index in [0.29, 0.717) is 5.56 Å². The van der Waals surface area contributed by atoms with Gasteiger partial charge in [-0.05, 0) is 12.5 Å². The molecule has 0 aliphatic carbocycles. The van der Waals surface area contributed by atoms with Gasteiger partial charge in [-0.3, -0.25) is 4.79 Å². The molecule has 0 aliphatic rings. The number of esters is 1. The van der Waals surface area contributed by atoms with Gasteiger partial charge in [-0.1, -0.05) is 30.3 Å². The van der Waals surface area contributed by atoms with Gasteiger partial charge in [0.05, 0.1) is 12.2 Å². The lowest BCUT2D eigenvalue weighted by molar-refractivity contribution is 0.0510. The Kier molecular flexibility index (Phi) is 3.61. The van der Waals surface area contributed by atoms with Crippen molar-refractivity contribution in [3.63, 3.8) is 0 Å². The van der Waals surface area contributed by atoms with Crippen molar-refractivity contribution in [2.75, 3.05) is 6.61 Å². The van der Waals surface area contributed by atoms with Gasteiger partial charge in [0.25, 0.3) is 5.43 Å². The van der Waals surface area contributed by atoms with Gasteiger partial charge in [-0.15, -0.1) is 0 Å². The van der Waals surface area contributed by atoms with Gasteiger partial charge in [-0.2, -0.15) is 0 Å². The highest BCUT2D eigenvalue weighted by Crippen LogP contribution is 2.17. The number of aromatic amines is 1. The first-order chi connectivity index (χ1) is 9.15. The van der Waals surface area contributed by atoms with E-state index in [1.807, 2.05) is 0 Å². The highest BCUT2D eigenvalue weighted by Gasteiger charge is 2.20. The van der Waals surface area contributed by atoms with Crippen LogP contribution in [-0.2, 0) is 4.74 Å². The van der Waals surface area contributed by atoms with E-state index < -0.39 is 17.0 Å². The topological polar surface area (TPSA) is 89.4 Å². The molecule has 0 unspecified atom stereocenters. The summed E-state index contributed by atoms with van der Waals surface area (Å²) in [5, 5.41) is 2.17. The Hall–Kier alpha value is -2.63. The smallest absolute Gasteiger partial charge is 0.403 e. The maximum atomic E-state index is 11.9. The molecule has 2 aromatic rings. The molecule has 0 spiro atoms. The van der Waals surface area contributed by atoms with E-state index in [0.717, 1.165) is 0 Å². The van der Waals surface area contributed by atoms with Crippen LogP contribution < -0.4 is 11.1 Å². The van der Waals surface area contributed by atoms with Crippen LogP contribution in [0.2, 0.25) is 0 Å². The monoisotopic (exact) mass is 261 g/mol. The minimum absolute atomic E-state index is 0.0460. The second-order valence-electron chi connectivity index (χ2n) is 3.66. The van der Waals surface area contributed by atoms with Crippen LogP contribution in [0, 0.1) is 0 Å². The molecule has 1 aromatic heterocycles. The van der Waals surface area contributed by atoms with Gasteiger partial charge >= 0.3 is 11.6 Å². The number of hydrogen-bond acceptors (Lipinski definition) is 5. The molecule has 2 rings (SSSR count). The van der Waals surface area contributed by atoms with E-state index in [-0.39, 0.29) is 17.9 Å². The quantitative estimate of drug-likeness (QED) is 0.661. The molecule has 0 fully saturated rings. The number of ether oxygens (including phenoxy) is 1. The number of aromatic nitrogens is 1. The Morgan fingerprint density at radius 3 is 2.58 bits per heavy atom. The van der Waals surface area contributed by atoms with Crippen LogP contribution >= 0.6 is 0 Å². The average Bonchev–Trinajstić information content (AvgIpc) is 2.43. The molecule has 19 heavy (non-hydrogen) atoms. The van der Waals surface area contributed by atoms with Gasteiger partial charge in [0.15, 0.2) is 5.69 Å². The van der Waals surface area contributed by atoms with E-state index in [1.54, 1.807) is 37.3 Å². The molecule has 6 nitrogen and oxygen atoms in total. The molecule has 1 aromatic carbocycles. The number of benzene rings is 1. The standard InChI is InChI=1S/C13H11NO5/c1-2-18-12(16)10-9(8-6-4-3-5-7-8)11(15)13(17)19-14-10/h3-7,14H,2H2,1H3. The summed E-state index contributed by atoms with van der Waals surface area (Å²) in [6.45, 7) is 1.78. The van der Waals surface area contributed by atoms with Crippen molar-refractivity contribution < 1.29 is 14.1 Å². The number of rotatable bonds is 3. The van der Waals surface area contributed by atoms with Crippen LogP contribution in [0.3, 0.4) is 0 Å². The lowest BCUT2D eigenvalue weighted by Crippen LogP contribution is -2.28. The van der Waals surface area contributed by atoms with E-state index in [9.17, 15) is 14.4 Å². The lowest BCUT2D eigenvalue weighted by Gasteiger charge is -2.06. The third kappa shape index (κ3) is 2.47. The zero-order chi connectivity index (χ0) is 13.8. The normalized spacial score (nSPS) is 10.2. The largest absolute Gasteiger partial charge is 0.461 e. The number of carbonyl (C=O) groups excluding carboxylic acids is 1. The van der Waals surface area contributed by atoms with Crippen molar-refractivity contribution in [3.8, 4) is 11.1 Å². The second kappa shape index (κ2) is 5.34. The molecule has 0 saturated heterocycles. The van der Waals surface area contributed by atoms with Crippen molar-refractivity contribution in [3.05, 3.63) is 56.7 Å². The van der Waals surface area contributed by atoms with Crippen molar-refractivity contribution in [2.24, 2.45) is 0 Å². The summed E-state index contributed by atoms with van der Waals surface area (Å²) in [6, 6.07) is 8.38. The minimum Gasteiger partial charge on any atom is -0.461 e. The molecule has 0 saturated carbocycles. The Morgan fingerprint density at radius 1 is 1.26 bits per heavy atom. The predicted molar refractivity (Wildman–Crippen MR) is 67.0 cm³/mol. The van der Waals surface area contributed by atoms with Gasteiger partial charge in [0.2, 0.25) is 0 Å². The summed E-state index contributed by atoms with van der Waals surface area (Å²) in [6.07, 6.45) is 0. The molecule has 0 bridgehead atoms. The summed E-state index contributed by atoms with van der Waals surface area (Å²) < 4.78 is 9.24. The number of nitrogens with one attached hydrogen (secondary N) is 1. The highest BCUT2D eigenvalue weighted by molar-refractivity contribution is 5.94. The van der Waals surface area contributed by atoms with E-state index >= 15 is 0 Å². The molecular formula is C13H11NO5. The fraction of sp³-hybridized carbons (Fsp3) is 0.154. The Balaban J connectivity index is 2.70. The number of hydrogen-bond donors (Lipinski definition) is 1. The maximum Gasteiger partial charge on any atom is 0.403 e. The van der Waals surface area contributed by atoms with Crippen molar-refractivity contribution in [1.29, 1.82) is 0 Å². The van der Waals surface area contributed by atoms with E-state index in [4.69, 9.17) is 4.74 Å². The fourth-order valence-electron chi connectivity index (χ4n) is 1.64. The maximum absolute atomic E-state index is 11.9. The fourth-order valence-corrected chi connectivity index (χ4v) is 1.64. The van der Waals surface area contributed by atoms with Gasteiger partial charge in [0.1, 0.15) is 0 Å². The van der Waals surface area contributed by atoms with Crippen LogP contribution in [0.15, 0.2) is 44.4 Å². The summed E-state index contributed by atoms with van der Waals surface area (Å²) in [5.74, 6) is -0.748. The zero-order valence-corrected chi connectivity index (χ0v) is 10.1. The Morgan fingerprint density at radius 2 is 1.95 bits per heavy atom. The van der Waals surface area contributed by atoms with Gasteiger partial charge in [0, 0.05) is 0 Å². The van der Waals surface area contributed by atoms with Gasteiger partial charge in [-0.25, -0.2) is 14.7 Å². The number of carbonyl (C=O) groups is 1. The molecule has 0 aliphatic heterocycles. The molecule has 1 heterocycles. The van der Waals surface area contributed by atoms with Crippen molar-refractivity contribution in [1.82, 2.24) is 5.16 Å². The highest BCUT2D eigenvalue weighted by atomic mass is 16.5. The van der Waals surface area contributed by atoms with Crippen molar-refractivity contribution in [2.45, 2.75) is 6.92 Å². The Labute approximate surface area is 107 Å². The molecule has 0 amide bonds. The lowest BCUT2D eigenvalue weighted by atomic mass is 10.0. The van der Waals surface area contributed by atoms with E-state index in [1.165, 1.54) is 0 Å². The van der Waals surface area contributed by atoms with E-state index in [2.05, 4.69) is 9.68 Å². The molecule has 6 heteroatoms. The molecule has 98 valence electrons. The first-order valence-electron chi connectivity index (χ1n) is 5.63. The molecule has 1 N–H and O–H groups in total. The first kappa shape index (κ1) is 12.8. The zero-order valence-electron chi connectivity index (χ0n) is 10.1. The molecule has 0 radical (unpaired) electrons. The average molecular weight is 261 g/mol. The van der Waals surface area contributed by atoms with Crippen LogP contribution in [0.1, 0.15) is 17.4 Å². The Bertz CT molecular complexity index is 699. The van der Waals surface area contributed by atoms with Crippen LogP contribution in [0.5, 0.6) is 0 Å². The molecule has 0 atom stereocenters. The third-order valence-corrected chi connectivity index (χ3v) is 2.45. The SMILES string of the molecule is CCOC(=O)c1[nH]oc(=O)c(=O)c1-c1ccccc1. The summed E-state index contributed by atoms with van der Waals surface area (Å²) in [7, 11) is 0. The van der Waals surface area contributed by atoms with Crippen LogP contribution in [0.25, 0.3) is 11.1 Å². The predicted octanol–water partition coefficient (Wildman–Crippen LogP) is 1.17.